The predicted molar refractivity (Wildman–Crippen MR) is 69.3 cm³/mol. The first-order chi connectivity index (χ1) is 8.08. The molecule has 0 amide bonds. The molecule has 0 bridgehead atoms. The monoisotopic (exact) mass is 235 g/mol. The van der Waals surface area contributed by atoms with Crippen molar-refractivity contribution in [3.8, 4) is 0 Å². The molecule has 0 heterocycles. The van der Waals surface area contributed by atoms with Gasteiger partial charge in [0, 0.05) is 6.54 Å². The number of nitrogens with zero attached hydrogens (tertiary/aromatic N) is 1. The van der Waals surface area contributed by atoms with E-state index in [9.17, 15) is 9.90 Å². The average Bonchev–Trinajstić information content (AvgIpc) is 2.32. The van der Waals surface area contributed by atoms with Crippen LogP contribution >= 0.6 is 0 Å². The molecule has 1 rings (SSSR count). The number of aliphatic carboxylic acids is 1. The van der Waals surface area contributed by atoms with Crippen molar-refractivity contribution in [1.82, 2.24) is 4.90 Å². The van der Waals surface area contributed by atoms with Gasteiger partial charge in [-0.3, -0.25) is 4.79 Å². The summed E-state index contributed by atoms with van der Waals surface area (Å²) >= 11 is 0. The zero-order chi connectivity index (χ0) is 12.8. The summed E-state index contributed by atoms with van der Waals surface area (Å²) in [6, 6.07) is 7.76. The molecule has 0 aliphatic carbocycles. The van der Waals surface area contributed by atoms with Crippen LogP contribution in [0.3, 0.4) is 0 Å². The van der Waals surface area contributed by atoms with E-state index in [4.69, 9.17) is 0 Å². The summed E-state index contributed by atoms with van der Waals surface area (Å²) in [4.78, 5) is 13.5. The van der Waals surface area contributed by atoms with Gasteiger partial charge < -0.3 is 10.0 Å². The summed E-state index contributed by atoms with van der Waals surface area (Å²) in [5.74, 6) is -1.18. The molecule has 94 valence electrons. The number of aryl methyl sites for hydroxylation is 1. The maximum Gasteiger partial charge on any atom is 0.312 e. The largest absolute Gasteiger partial charge is 0.481 e. The molecule has 0 saturated carbocycles. The van der Waals surface area contributed by atoms with Crippen molar-refractivity contribution in [2.24, 2.45) is 0 Å². The highest BCUT2D eigenvalue weighted by Gasteiger charge is 2.21. The minimum Gasteiger partial charge on any atom is -0.481 e. The number of carboxylic acid groups (broad SMARTS) is 1. The second-order valence-corrected chi connectivity index (χ2v) is 4.29. The first-order valence-electron chi connectivity index (χ1n) is 6.10. The lowest BCUT2D eigenvalue weighted by Crippen LogP contribution is -2.31. The van der Waals surface area contributed by atoms with Crippen LogP contribution in [0.25, 0.3) is 0 Å². The maximum absolute atomic E-state index is 11.3. The van der Waals surface area contributed by atoms with E-state index in [1.807, 2.05) is 31.2 Å². The van der Waals surface area contributed by atoms with Crippen molar-refractivity contribution in [2.45, 2.75) is 26.7 Å². The molecule has 1 aromatic carbocycles. The van der Waals surface area contributed by atoms with Gasteiger partial charge in [-0.15, -0.1) is 0 Å². The van der Waals surface area contributed by atoms with Crippen LogP contribution in [0.5, 0.6) is 0 Å². The number of carbonyl (C=O) groups is 1. The fraction of sp³-hybridized carbons (Fsp3) is 0.500. The molecule has 0 aliphatic heterocycles. The van der Waals surface area contributed by atoms with Crippen molar-refractivity contribution in [3.63, 3.8) is 0 Å². The lowest BCUT2D eigenvalue weighted by Gasteiger charge is -2.23. The van der Waals surface area contributed by atoms with Gasteiger partial charge in [0.25, 0.3) is 0 Å². The third kappa shape index (κ3) is 3.86. The second-order valence-electron chi connectivity index (χ2n) is 4.29. The van der Waals surface area contributed by atoms with Crippen LogP contribution in [0.2, 0.25) is 0 Å². The van der Waals surface area contributed by atoms with Gasteiger partial charge in [-0.2, -0.15) is 0 Å². The lowest BCUT2D eigenvalue weighted by atomic mass is 9.97. The Bertz CT molecular complexity index is 355. The molecule has 17 heavy (non-hydrogen) atoms. The highest BCUT2D eigenvalue weighted by molar-refractivity contribution is 5.76. The van der Waals surface area contributed by atoms with E-state index in [2.05, 4.69) is 18.7 Å². The molecule has 1 aromatic rings. The third-order valence-electron chi connectivity index (χ3n) is 3.11. The van der Waals surface area contributed by atoms with Crippen molar-refractivity contribution < 1.29 is 9.90 Å². The Morgan fingerprint density at radius 2 is 1.76 bits per heavy atom. The Balaban J connectivity index is 2.85. The van der Waals surface area contributed by atoms with Crippen molar-refractivity contribution in [1.29, 1.82) is 0 Å². The molecule has 0 spiro atoms. The minimum absolute atomic E-state index is 0.435. The Morgan fingerprint density at radius 3 is 2.18 bits per heavy atom. The highest BCUT2D eigenvalue weighted by atomic mass is 16.4. The Morgan fingerprint density at radius 1 is 1.24 bits per heavy atom. The van der Waals surface area contributed by atoms with Crippen LogP contribution in [-0.4, -0.2) is 35.6 Å². The van der Waals surface area contributed by atoms with Gasteiger partial charge in [0.1, 0.15) is 0 Å². The Hall–Kier alpha value is -1.35. The van der Waals surface area contributed by atoms with Crippen LogP contribution in [0, 0.1) is 6.92 Å². The number of carboxylic acids is 1. The van der Waals surface area contributed by atoms with E-state index in [-0.39, 0.29) is 0 Å². The van der Waals surface area contributed by atoms with Crippen LogP contribution in [0.4, 0.5) is 0 Å². The van der Waals surface area contributed by atoms with E-state index in [1.54, 1.807) is 0 Å². The molecular formula is C14H21NO2. The Labute approximate surface area is 103 Å². The quantitative estimate of drug-likeness (QED) is 0.823. The van der Waals surface area contributed by atoms with Gasteiger partial charge >= 0.3 is 5.97 Å². The van der Waals surface area contributed by atoms with E-state index in [1.165, 1.54) is 0 Å². The normalized spacial score (nSPS) is 12.7. The summed E-state index contributed by atoms with van der Waals surface area (Å²) in [7, 11) is 0. The zero-order valence-electron chi connectivity index (χ0n) is 10.8. The molecule has 0 aromatic heterocycles. The van der Waals surface area contributed by atoms with Crippen LogP contribution in [-0.2, 0) is 4.79 Å². The standard InChI is InChI=1S/C14H21NO2/c1-4-15(5-2)10-13(14(16)17)12-8-6-11(3)7-9-12/h6-9,13H,4-5,10H2,1-3H3,(H,16,17). The van der Waals surface area contributed by atoms with E-state index >= 15 is 0 Å². The molecule has 0 fully saturated rings. The second kappa shape index (κ2) is 6.40. The number of hydrogen-bond acceptors (Lipinski definition) is 2. The molecule has 3 heteroatoms. The zero-order valence-corrected chi connectivity index (χ0v) is 10.8. The molecular weight excluding hydrogens is 214 g/mol. The van der Waals surface area contributed by atoms with Crippen molar-refractivity contribution >= 4 is 5.97 Å². The molecule has 0 radical (unpaired) electrons. The van der Waals surface area contributed by atoms with Crippen molar-refractivity contribution in [3.05, 3.63) is 35.4 Å². The third-order valence-corrected chi connectivity index (χ3v) is 3.11. The number of benzene rings is 1. The minimum atomic E-state index is -0.749. The topological polar surface area (TPSA) is 40.5 Å². The van der Waals surface area contributed by atoms with E-state index in [0.29, 0.717) is 6.54 Å². The van der Waals surface area contributed by atoms with Crippen LogP contribution in [0.1, 0.15) is 30.9 Å². The SMILES string of the molecule is CCN(CC)CC(C(=O)O)c1ccc(C)cc1. The predicted octanol–water partition coefficient (Wildman–Crippen LogP) is 2.51. The molecule has 1 N–H and O–H groups in total. The van der Waals surface area contributed by atoms with Gasteiger partial charge in [-0.1, -0.05) is 43.7 Å². The van der Waals surface area contributed by atoms with Gasteiger partial charge in [0.2, 0.25) is 0 Å². The molecule has 0 saturated heterocycles. The lowest BCUT2D eigenvalue weighted by molar-refractivity contribution is -0.139. The van der Waals surface area contributed by atoms with E-state index < -0.39 is 11.9 Å². The Kier molecular flexibility index (Phi) is 5.16. The number of hydrogen-bond donors (Lipinski definition) is 1. The van der Waals surface area contributed by atoms with Gasteiger partial charge in [-0.05, 0) is 25.6 Å². The fourth-order valence-corrected chi connectivity index (χ4v) is 1.86. The summed E-state index contributed by atoms with van der Waals surface area (Å²) < 4.78 is 0. The molecule has 1 unspecified atom stereocenters. The van der Waals surface area contributed by atoms with Gasteiger partial charge in [0.05, 0.1) is 5.92 Å². The molecule has 0 aliphatic rings. The number of likely N-dealkylation sites (N-methyl/N-ethyl adjacent to an activating group) is 1. The van der Waals surface area contributed by atoms with Gasteiger partial charge in [0.15, 0.2) is 0 Å². The summed E-state index contributed by atoms with van der Waals surface area (Å²) in [5.41, 5.74) is 2.04. The first-order valence-corrected chi connectivity index (χ1v) is 6.10. The highest BCUT2D eigenvalue weighted by Crippen LogP contribution is 2.18. The average molecular weight is 235 g/mol. The van der Waals surface area contributed by atoms with E-state index in [0.717, 1.165) is 24.2 Å². The summed E-state index contributed by atoms with van der Waals surface area (Å²) in [6.45, 7) is 8.45. The maximum atomic E-state index is 11.3. The fourth-order valence-electron chi connectivity index (χ4n) is 1.86. The molecule has 3 nitrogen and oxygen atoms in total. The summed E-state index contributed by atoms with van der Waals surface area (Å²) in [5, 5.41) is 9.31. The van der Waals surface area contributed by atoms with Crippen LogP contribution < -0.4 is 0 Å². The van der Waals surface area contributed by atoms with Crippen molar-refractivity contribution in [2.75, 3.05) is 19.6 Å². The summed E-state index contributed by atoms with van der Waals surface area (Å²) in [6.07, 6.45) is 0. The number of rotatable bonds is 6. The molecule has 1 atom stereocenters. The van der Waals surface area contributed by atoms with Crippen LogP contribution in [0.15, 0.2) is 24.3 Å². The smallest absolute Gasteiger partial charge is 0.312 e. The first kappa shape index (κ1) is 13.7. The van der Waals surface area contributed by atoms with Gasteiger partial charge in [-0.25, -0.2) is 0 Å².